The Balaban J connectivity index is 1.44. The molecule has 1 aliphatic carbocycles. The van der Waals surface area contributed by atoms with Crippen LogP contribution in [-0.4, -0.2) is 57.8 Å². The number of amides is 1. The maximum Gasteiger partial charge on any atom is 0.416 e. The number of alkyl halides is 9. The van der Waals surface area contributed by atoms with Crippen LogP contribution in [0.5, 0.6) is 5.88 Å². The Morgan fingerprint density at radius 2 is 1.58 bits per heavy atom. The summed E-state index contributed by atoms with van der Waals surface area (Å²) in [5, 5.41) is 19.4. The maximum atomic E-state index is 14.1. The second-order valence-electron chi connectivity index (χ2n) is 13.1. The predicted molar refractivity (Wildman–Crippen MR) is 168 cm³/mol. The lowest BCUT2D eigenvalue weighted by Gasteiger charge is -2.30. The fraction of sp³-hybridized carbons (Fsp3) is 0.389. The lowest BCUT2D eigenvalue weighted by atomic mass is 9.83. The first kappa shape index (κ1) is 37.2. The molecule has 7 nitrogen and oxygen atoms in total. The summed E-state index contributed by atoms with van der Waals surface area (Å²) in [5.74, 6) is -1.50. The summed E-state index contributed by atoms with van der Waals surface area (Å²) in [6.45, 7) is 3.45. The largest absolute Gasteiger partial charge is 0.481 e. The molecule has 0 saturated carbocycles. The van der Waals surface area contributed by atoms with E-state index in [1.165, 1.54) is 19.4 Å². The van der Waals surface area contributed by atoms with E-state index in [9.17, 15) is 54.5 Å². The van der Waals surface area contributed by atoms with Crippen LogP contribution < -0.4 is 4.74 Å². The van der Waals surface area contributed by atoms with Crippen molar-refractivity contribution in [2.45, 2.75) is 76.1 Å². The Hall–Kier alpha value is -4.57. The van der Waals surface area contributed by atoms with Crippen molar-refractivity contribution < 1.29 is 64.0 Å². The molecule has 1 amide bonds. The van der Waals surface area contributed by atoms with Crippen molar-refractivity contribution >= 4 is 6.09 Å². The minimum absolute atomic E-state index is 0.00888. The van der Waals surface area contributed by atoms with E-state index in [0.29, 0.717) is 28.3 Å². The van der Waals surface area contributed by atoms with Crippen LogP contribution in [0.25, 0.3) is 22.3 Å². The van der Waals surface area contributed by atoms with E-state index >= 15 is 0 Å². The quantitative estimate of drug-likeness (QED) is 0.194. The highest BCUT2D eigenvalue weighted by Crippen LogP contribution is 2.51. The zero-order valence-corrected chi connectivity index (χ0v) is 27.6. The molecule has 16 heteroatoms. The average Bonchev–Trinajstić information content (AvgIpc) is 3.63. The molecule has 2 aliphatic heterocycles. The number of carbonyl (C=O) groups excluding carboxylic acids is 1. The first-order chi connectivity index (χ1) is 24.2. The number of aryl methyl sites for hydroxylation is 2. The number of benzene rings is 2. The summed E-state index contributed by atoms with van der Waals surface area (Å²) in [4.78, 5) is 18.9. The third-order valence-corrected chi connectivity index (χ3v) is 9.76. The molecule has 2 aromatic carbocycles. The fourth-order valence-electron chi connectivity index (χ4n) is 7.59. The van der Waals surface area contributed by atoms with Gasteiger partial charge in [0.05, 0.1) is 30.3 Å². The number of fused-ring (bicyclic) bond motifs is 1. The van der Waals surface area contributed by atoms with Crippen LogP contribution in [-0.2, 0) is 10.9 Å². The number of halogens is 9. The highest BCUT2D eigenvalue weighted by molar-refractivity contribution is 5.81. The summed E-state index contributed by atoms with van der Waals surface area (Å²) < 4.78 is 136. The summed E-state index contributed by atoms with van der Waals surface area (Å²) in [6.07, 6.45) is -18.0. The van der Waals surface area contributed by atoms with Crippen molar-refractivity contribution in [2.24, 2.45) is 5.92 Å². The topological polar surface area (TPSA) is 92.1 Å². The van der Waals surface area contributed by atoms with Gasteiger partial charge in [-0.1, -0.05) is 24.3 Å². The van der Waals surface area contributed by atoms with Crippen LogP contribution >= 0.6 is 0 Å². The van der Waals surface area contributed by atoms with Crippen LogP contribution in [0.2, 0.25) is 0 Å². The molecule has 52 heavy (non-hydrogen) atoms. The number of ether oxygens (including phenoxy) is 2. The molecule has 2 fully saturated rings. The van der Waals surface area contributed by atoms with E-state index in [4.69, 9.17) is 9.47 Å². The molecular formula is C36H31F9N2O5. The van der Waals surface area contributed by atoms with E-state index in [2.05, 4.69) is 4.98 Å². The van der Waals surface area contributed by atoms with Gasteiger partial charge in [-0.05, 0) is 85.2 Å². The standard InChI is InChI=1S/C36H31F9N2O5/c1-16-8-19(32(48)49)9-17(2)29(16)20-12-26(31(51-3)46-15-20)24-5-4-21(34(37,38)39)14-25(24)27-6-7-28-30(52-33(50)47(27)28)18-10-22(35(40,41)42)13-23(11-18)36(43,44)45/h4-5,8-10,12-15,18,27-28,30,32,48-49H,6-7,11H2,1-3H3/t18?,27-,28-,30+/m0/s1. The van der Waals surface area contributed by atoms with Gasteiger partial charge in [-0.2, -0.15) is 39.5 Å². The number of hydrogen-bond donors (Lipinski definition) is 2. The van der Waals surface area contributed by atoms with Gasteiger partial charge in [0.1, 0.15) is 6.10 Å². The van der Waals surface area contributed by atoms with E-state index in [1.54, 1.807) is 32.0 Å². The fourth-order valence-corrected chi connectivity index (χ4v) is 7.59. The molecule has 278 valence electrons. The van der Waals surface area contributed by atoms with Gasteiger partial charge in [-0.25, -0.2) is 9.78 Å². The van der Waals surface area contributed by atoms with Gasteiger partial charge in [0, 0.05) is 34.4 Å². The van der Waals surface area contributed by atoms with Gasteiger partial charge in [0.25, 0.3) is 0 Å². The molecule has 2 N–H and O–H groups in total. The highest BCUT2D eigenvalue weighted by atomic mass is 19.4. The van der Waals surface area contributed by atoms with E-state index in [-0.39, 0.29) is 47.1 Å². The molecule has 4 atom stereocenters. The SMILES string of the molecule is COc1ncc(-c2c(C)cc(C(O)O)cc2C)cc1-c1ccc(C(F)(F)F)cc1[C@@H]1CC[C@H]2[C@@H](C3C=C(C(F)(F)F)C=C(C(F)(F)F)C3)OC(=O)N12. The minimum atomic E-state index is -5.12. The molecule has 6 rings (SSSR count). The Labute approximate surface area is 291 Å². The molecule has 1 unspecified atom stereocenters. The summed E-state index contributed by atoms with van der Waals surface area (Å²) in [7, 11) is 1.30. The van der Waals surface area contributed by atoms with Gasteiger partial charge in [0.15, 0.2) is 6.29 Å². The van der Waals surface area contributed by atoms with Gasteiger partial charge in [0.2, 0.25) is 5.88 Å². The Morgan fingerprint density at radius 1 is 0.904 bits per heavy atom. The molecule has 1 aromatic heterocycles. The van der Waals surface area contributed by atoms with Crippen LogP contribution in [0, 0.1) is 19.8 Å². The van der Waals surface area contributed by atoms with Crippen molar-refractivity contribution in [3.63, 3.8) is 0 Å². The zero-order chi connectivity index (χ0) is 38.1. The summed E-state index contributed by atoms with van der Waals surface area (Å²) in [5.41, 5.74) is -0.992. The van der Waals surface area contributed by atoms with Crippen LogP contribution in [0.15, 0.2) is 65.9 Å². The van der Waals surface area contributed by atoms with Crippen LogP contribution in [0.4, 0.5) is 44.3 Å². The van der Waals surface area contributed by atoms with Crippen LogP contribution in [0.1, 0.15) is 59.4 Å². The normalized spacial score (nSPS) is 22.4. The monoisotopic (exact) mass is 742 g/mol. The first-order valence-electron chi connectivity index (χ1n) is 16.0. The summed E-state index contributed by atoms with van der Waals surface area (Å²) in [6, 6.07) is 5.47. The number of nitrogens with zero attached hydrogens (tertiary/aromatic N) is 2. The second kappa shape index (κ2) is 13.1. The van der Waals surface area contributed by atoms with Crippen molar-refractivity contribution in [3.05, 3.63) is 93.7 Å². The number of aliphatic hydroxyl groups excluding tert-OH is 1. The lowest BCUT2D eigenvalue weighted by molar-refractivity contribution is -0.137. The molecule has 0 spiro atoms. The Morgan fingerprint density at radius 3 is 2.15 bits per heavy atom. The van der Waals surface area contributed by atoms with E-state index < -0.39 is 78.1 Å². The van der Waals surface area contributed by atoms with Crippen molar-refractivity contribution in [3.8, 4) is 28.1 Å². The minimum Gasteiger partial charge on any atom is -0.481 e. The molecule has 3 aromatic rings. The summed E-state index contributed by atoms with van der Waals surface area (Å²) >= 11 is 0. The number of methoxy groups -OCH3 is 1. The van der Waals surface area contributed by atoms with E-state index in [1.807, 2.05) is 0 Å². The van der Waals surface area contributed by atoms with Gasteiger partial charge < -0.3 is 19.7 Å². The molecule has 3 heterocycles. The zero-order valence-electron chi connectivity index (χ0n) is 27.6. The third-order valence-electron chi connectivity index (χ3n) is 9.76. The smallest absolute Gasteiger partial charge is 0.416 e. The number of aromatic nitrogens is 1. The van der Waals surface area contributed by atoms with Crippen molar-refractivity contribution in [2.75, 3.05) is 7.11 Å². The number of cyclic esters (lactones) is 1. The molecular weight excluding hydrogens is 711 g/mol. The molecule has 2 saturated heterocycles. The lowest BCUT2D eigenvalue weighted by Crippen LogP contribution is -2.37. The molecule has 3 aliphatic rings. The Bertz CT molecular complexity index is 1940. The number of rotatable bonds is 6. The van der Waals surface area contributed by atoms with Crippen molar-refractivity contribution in [1.82, 2.24) is 9.88 Å². The van der Waals surface area contributed by atoms with Crippen LogP contribution in [0.3, 0.4) is 0 Å². The number of pyridine rings is 1. The van der Waals surface area contributed by atoms with Gasteiger partial charge >= 0.3 is 24.6 Å². The first-order valence-corrected chi connectivity index (χ1v) is 16.0. The predicted octanol–water partition coefficient (Wildman–Crippen LogP) is 9.06. The van der Waals surface area contributed by atoms with Gasteiger partial charge in [-0.3, -0.25) is 4.90 Å². The van der Waals surface area contributed by atoms with Gasteiger partial charge in [-0.15, -0.1) is 0 Å². The van der Waals surface area contributed by atoms with Crippen molar-refractivity contribution in [1.29, 1.82) is 0 Å². The highest BCUT2D eigenvalue weighted by Gasteiger charge is 2.54. The molecule has 0 bridgehead atoms. The number of carbonyl (C=O) groups is 1. The number of allylic oxidation sites excluding steroid dienone is 3. The number of aliphatic hydroxyl groups is 2. The second-order valence-corrected chi connectivity index (χ2v) is 13.1. The maximum absolute atomic E-state index is 14.1. The third kappa shape index (κ3) is 6.85. The number of hydrogen-bond acceptors (Lipinski definition) is 6. The van der Waals surface area contributed by atoms with E-state index in [0.717, 1.165) is 17.0 Å². The molecule has 0 radical (unpaired) electrons. The average molecular weight is 743 g/mol. The Kier molecular flexibility index (Phi) is 9.39.